The summed E-state index contributed by atoms with van der Waals surface area (Å²) < 4.78 is 42.9. The van der Waals surface area contributed by atoms with Crippen molar-refractivity contribution >= 4 is 24.9 Å². The maximum absolute atomic E-state index is 14.0. The topological polar surface area (TPSA) is 138 Å². The van der Waals surface area contributed by atoms with Crippen LogP contribution >= 0.6 is 7.60 Å². The highest BCUT2D eigenvalue weighted by atomic mass is 31.2. The Kier molecular flexibility index (Phi) is 8.65. The Morgan fingerprint density at radius 2 is 1.76 bits per heavy atom. The first-order valence-corrected chi connectivity index (χ1v) is 14.5. The van der Waals surface area contributed by atoms with E-state index < -0.39 is 37.8 Å². The number of nitrogens with one attached hydrogen (secondary N) is 1. The van der Waals surface area contributed by atoms with Gasteiger partial charge in [-0.05, 0) is 56.2 Å². The van der Waals surface area contributed by atoms with Gasteiger partial charge in [0.05, 0.1) is 25.1 Å². The number of ether oxygens (including phenoxy) is 3. The van der Waals surface area contributed by atoms with E-state index in [2.05, 4.69) is 5.32 Å². The number of aryl methyl sites for hydroxylation is 1. The third-order valence-corrected chi connectivity index (χ3v) is 8.28. The van der Waals surface area contributed by atoms with Crippen LogP contribution in [-0.2, 0) is 16.0 Å². The summed E-state index contributed by atoms with van der Waals surface area (Å²) in [6.45, 7) is 4.27. The minimum atomic E-state index is -4.55. The molecule has 3 aromatic carbocycles. The van der Waals surface area contributed by atoms with Crippen molar-refractivity contribution in [2.24, 2.45) is 0 Å². The first-order valence-electron chi connectivity index (χ1n) is 12.8. The second-order valence-corrected chi connectivity index (χ2v) is 12.3. The number of methoxy groups -OCH3 is 1. The number of carbonyl (C=O) groups is 1. The van der Waals surface area contributed by atoms with Crippen molar-refractivity contribution in [1.29, 1.82) is 0 Å². The largest absolute Gasteiger partial charge is 0.496 e. The van der Waals surface area contributed by atoms with E-state index in [1.54, 1.807) is 50.1 Å². The van der Waals surface area contributed by atoms with Gasteiger partial charge in [-0.15, -0.1) is 0 Å². The quantitative estimate of drug-likeness (QED) is 0.253. The number of fused-ring (bicyclic) bond motifs is 1. The molecule has 1 heterocycles. The number of aliphatic hydroxyl groups is 1. The molecule has 0 saturated heterocycles. The van der Waals surface area contributed by atoms with Gasteiger partial charge in [0.1, 0.15) is 47.5 Å². The zero-order valence-electron chi connectivity index (χ0n) is 23.5. The number of nitrogens with zero attached hydrogens (tertiary/aromatic N) is 1. The molecular weight excluding hydrogens is 554 g/mol. The maximum atomic E-state index is 14.0. The summed E-state index contributed by atoms with van der Waals surface area (Å²) in [6.07, 6.45) is 0. The molecule has 1 aliphatic heterocycles. The fourth-order valence-corrected chi connectivity index (χ4v) is 5.22. The van der Waals surface area contributed by atoms with Crippen LogP contribution in [0.4, 0.5) is 15.8 Å². The highest BCUT2D eigenvalue weighted by Gasteiger charge is 2.39. The molecule has 0 fully saturated rings. The summed E-state index contributed by atoms with van der Waals surface area (Å²) in [7, 11) is -1.39. The SMILES string of the molecule is COc1cc(OCC(CO)P(=O)(O)O)ccc1-c1ccc2c(c1COc1cc(F)ccc1C)N(C)C(=O)C(C)(C)N2. The fourth-order valence-electron chi connectivity index (χ4n) is 4.74. The molecule has 1 aliphatic rings. The first kappa shape index (κ1) is 30.3. The lowest BCUT2D eigenvalue weighted by Gasteiger charge is -2.39. The molecule has 3 aromatic rings. The number of hydrogen-bond donors (Lipinski definition) is 4. The van der Waals surface area contributed by atoms with Gasteiger partial charge in [0.15, 0.2) is 0 Å². The van der Waals surface area contributed by atoms with Crippen LogP contribution in [-0.4, -0.2) is 59.4 Å². The molecule has 1 atom stereocenters. The Balaban J connectivity index is 1.78. The van der Waals surface area contributed by atoms with Crippen molar-refractivity contribution in [2.75, 3.05) is 37.6 Å². The van der Waals surface area contributed by atoms with E-state index in [0.717, 1.165) is 11.3 Å². The Morgan fingerprint density at radius 1 is 1.05 bits per heavy atom. The van der Waals surface area contributed by atoms with Gasteiger partial charge in [-0.3, -0.25) is 9.36 Å². The third-order valence-electron chi connectivity index (χ3n) is 7.02. The summed E-state index contributed by atoms with van der Waals surface area (Å²) in [6, 6.07) is 12.9. The Labute approximate surface area is 237 Å². The lowest BCUT2D eigenvalue weighted by Crippen LogP contribution is -2.52. The van der Waals surface area contributed by atoms with Crippen LogP contribution in [0.5, 0.6) is 17.2 Å². The summed E-state index contributed by atoms with van der Waals surface area (Å²) in [4.78, 5) is 33.6. The second kappa shape index (κ2) is 11.7. The van der Waals surface area contributed by atoms with Gasteiger partial charge < -0.3 is 39.3 Å². The van der Waals surface area contributed by atoms with Crippen molar-refractivity contribution < 1.29 is 42.9 Å². The van der Waals surface area contributed by atoms with E-state index in [4.69, 9.17) is 14.2 Å². The second-order valence-electron chi connectivity index (χ2n) is 10.4. The predicted molar refractivity (Wildman–Crippen MR) is 153 cm³/mol. The van der Waals surface area contributed by atoms with E-state index in [-0.39, 0.29) is 18.3 Å². The van der Waals surface area contributed by atoms with Crippen molar-refractivity contribution in [3.05, 3.63) is 65.5 Å². The molecule has 4 N–H and O–H groups in total. The lowest BCUT2D eigenvalue weighted by atomic mass is 9.91. The van der Waals surface area contributed by atoms with Crippen LogP contribution in [0, 0.1) is 12.7 Å². The van der Waals surface area contributed by atoms with Gasteiger partial charge in [0.25, 0.3) is 5.91 Å². The molecule has 0 radical (unpaired) electrons. The van der Waals surface area contributed by atoms with Gasteiger partial charge in [-0.2, -0.15) is 0 Å². The molecule has 12 heteroatoms. The highest BCUT2D eigenvalue weighted by Crippen LogP contribution is 2.45. The number of hydrogen-bond acceptors (Lipinski definition) is 7. The molecule has 1 amide bonds. The molecule has 0 saturated carbocycles. The smallest absolute Gasteiger partial charge is 0.334 e. The maximum Gasteiger partial charge on any atom is 0.334 e. The van der Waals surface area contributed by atoms with Crippen LogP contribution in [0.1, 0.15) is 25.0 Å². The minimum Gasteiger partial charge on any atom is -0.496 e. The van der Waals surface area contributed by atoms with E-state index >= 15 is 0 Å². The standard InChI is InChI=1S/C29H34FN2O8P/c1-17-6-7-18(30)12-25(17)40-16-23-21(10-11-24-27(23)32(4)28(34)29(2,3)31-24)22-9-8-19(13-26(22)38-5)39-15-20(14-33)41(35,36)37/h6-13,20,31,33H,14-16H2,1-5H3,(H2,35,36,37). The van der Waals surface area contributed by atoms with E-state index in [9.17, 15) is 28.6 Å². The van der Waals surface area contributed by atoms with Crippen molar-refractivity contribution in [1.82, 2.24) is 0 Å². The molecule has 0 spiro atoms. The monoisotopic (exact) mass is 588 g/mol. The van der Waals surface area contributed by atoms with E-state index in [0.29, 0.717) is 33.9 Å². The molecule has 220 valence electrons. The molecule has 10 nitrogen and oxygen atoms in total. The number of carbonyl (C=O) groups excluding carboxylic acids is 1. The average Bonchev–Trinajstić information content (AvgIpc) is 2.91. The number of aliphatic hydroxyl groups excluding tert-OH is 1. The van der Waals surface area contributed by atoms with Crippen LogP contribution in [0.15, 0.2) is 48.5 Å². The summed E-state index contributed by atoms with van der Waals surface area (Å²) in [5, 5.41) is 12.6. The minimum absolute atomic E-state index is 0.00436. The zero-order chi connectivity index (χ0) is 30.1. The number of benzene rings is 3. The van der Waals surface area contributed by atoms with Gasteiger partial charge in [0.2, 0.25) is 0 Å². The van der Waals surface area contributed by atoms with Crippen molar-refractivity contribution in [2.45, 2.75) is 38.6 Å². The van der Waals surface area contributed by atoms with Gasteiger partial charge in [-0.25, -0.2) is 4.39 Å². The first-order chi connectivity index (χ1) is 19.3. The summed E-state index contributed by atoms with van der Waals surface area (Å²) in [5.74, 6) is 0.450. The van der Waals surface area contributed by atoms with E-state index in [1.807, 2.05) is 19.1 Å². The van der Waals surface area contributed by atoms with E-state index in [1.165, 1.54) is 19.2 Å². The van der Waals surface area contributed by atoms with Gasteiger partial charge >= 0.3 is 7.60 Å². The van der Waals surface area contributed by atoms with Crippen LogP contribution in [0.25, 0.3) is 11.1 Å². The Morgan fingerprint density at radius 3 is 2.41 bits per heavy atom. The number of halogens is 1. The molecule has 0 aromatic heterocycles. The predicted octanol–water partition coefficient (Wildman–Crippen LogP) is 4.47. The molecular formula is C29H34FN2O8P. The van der Waals surface area contributed by atoms with Crippen molar-refractivity contribution in [3.63, 3.8) is 0 Å². The molecule has 41 heavy (non-hydrogen) atoms. The molecule has 0 bridgehead atoms. The average molecular weight is 589 g/mol. The number of rotatable bonds is 10. The summed E-state index contributed by atoms with van der Waals surface area (Å²) in [5.41, 5.74) is 1.85. The lowest BCUT2D eigenvalue weighted by molar-refractivity contribution is -0.121. The highest BCUT2D eigenvalue weighted by molar-refractivity contribution is 7.52. The number of likely N-dealkylation sites (N-methyl/N-ethyl adjacent to an activating group) is 1. The molecule has 4 rings (SSSR count). The van der Waals surface area contributed by atoms with Crippen LogP contribution < -0.4 is 24.4 Å². The third kappa shape index (κ3) is 6.33. The van der Waals surface area contributed by atoms with Gasteiger partial charge in [-0.1, -0.05) is 12.1 Å². The van der Waals surface area contributed by atoms with Crippen LogP contribution in [0.3, 0.4) is 0 Å². The zero-order valence-corrected chi connectivity index (χ0v) is 24.4. The molecule has 1 unspecified atom stereocenters. The number of amides is 1. The van der Waals surface area contributed by atoms with Crippen LogP contribution in [0.2, 0.25) is 0 Å². The fraction of sp³-hybridized carbons (Fsp3) is 0.345. The number of anilines is 2. The normalized spacial score (nSPS) is 15.1. The summed E-state index contributed by atoms with van der Waals surface area (Å²) >= 11 is 0. The van der Waals surface area contributed by atoms with Gasteiger partial charge in [0, 0.05) is 30.3 Å². The van der Waals surface area contributed by atoms with Crippen molar-refractivity contribution in [3.8, 4) is 28.4 Å². The molecule has 0 aliphatic carbocycles. The Hall–Kier alpha value is -3.63. The Bertz CT molecular complexity index is 1510.